The van der Waals surface area contributed by atoms with Gasteiger partial charge in [0, 0.05) is 5.56 Å². The van der Waals surface area contributed by atoms with Crippen LogP contribution in [0.4, 0.5) is 0 Å². The quantitative estimate of drug-likeness (QED) is 0.803. The van der Waals surface area contributed by atoms with Crippen LogP contribution in [0.2, 0.25) is 0 Å². The number of hydrogen-bond acceptors (Lipinski definition) is 3. The Morgan fingerprint density at radius 2 is 1.50 bits per heavy atom. The summed E-state index contributed by atoms with van der Waals surface area (Å²) in [6.45, 7) is 0. The topological polar surface area (TPSA) is 80.4 Å². The van der Waals surface area contributed by atoms with E-state index in [2.05, 4.69) is 0 Å². The summed E-state index contributed by atoms with van der Waals surface area (Å²) in [5.41, 5.74) is 5.56. The SMILES string of the molecule is NC(=O)c1cccc(C(=O)c2ccccc2)c1O. The number of phenols is 1. The van der Waals surface area contributed by atoms with Gasteiger partial charge in [-0.25, -0.2) is 0 Å². The molecular weight excluding hydrogens is 230 g/mol. The number of hydrogen-bond donors (Lipinski definition) is 2. The van der Waals surface area contributed by atoms with Crippen LogP contribution >= 0.6 is 0 Å². The number of benzene rings is 2. The second kappa shape index (κ2) is 4.71. The second-order valence-electron chi connectivity index (χ2n) is 3.76. The van der Waals surface area contributed by atoms with Gasteiger partial charge in [0.25, 0.3) is 5.91 Å². The van der Waals surface area contributed by atoms with E-state index in [0.29, 0.717) is 5.56 Å². The van der Waals surface area contributed by atoms with E-state index in [1.807, 2.05) is 0 Å². The van der Waals surface area contributed by atoms with E-state index < -0.39 is 5.91 Å². The van der Waals surface area contributed by atoms with E-state index in [1.165, 1.54) is 18.2 Å². The van der Waals surface area contributed by atoms with Gasteiger partial charge in [-0.1, -0.05) is 36.4 Å². The fraction of sp³-hybridized carbons (Fsp3) is 0. The van der Waals surface area contributed by atoms with Crippen molar-refractivity contribution < 1.29 is 14.7 Å². The predicted molar refractivity (Wildman–Crippen MR) is 66.5 cm³/mol. The highest BCUT2D eigenvalue weighted by molar-refractivity contribution is 6.12. The molecule has 3 N–H and O–H groups in total. The highest BCUT2D eigenvalue weighted by Gasteiger charge is 2.17. The van der Waals surface area contributed by atoms with Crippen LogP contribution in [0.15, 0.2) is 48.5 Å². The van der Waals surface area contributed by atoms with Crippen molar-refractivity contribution in [3.05, 3.63) is 65.2 Å². The highest BCUT2D eigenvalue weighted by atomic mass is 16.3. The molecule has 0 aliphatic rings. The van der Waals surface area contributed by atoms with E-state index in [0.717, 1.165) is 0 Å². The van der Waals surface area contributed by atoms with Crippen molar-refractivity contribution in [3.8, 4) is 5.75 Å². The van der Waals surface area contributed by atoms with E-state index in [-0.39, 0.29) is 22.7 Å². The van der Waals surface area contributed by atoms with Crippen LogP contribution in [0, 0.1) is 0 Å². The number of rotatable bonds is 3. The van der Waals surface area contributed by atoms with Crippen molar-refractivity contribution in [3.63, 3.8) is 0 Å². The molecular formula is C14H11NO3. The Balaban J connectivity index is 2.50. The molecule has 2 aromatic rings. The number of para-hydroxylation sites is 1. The average molecular weight is 241 g/mol. The fourth-order valence-electron chi connectivity index (χ4n) is 1.67. The largest absolute Gasteiger partial charge is 0.506 e. The van der Waals surface area contributed by atoms with Crippen LogP contribution in [0.1, 0.15) is 26.3 Å². The molecule has 2 aromatic carbocycles. The molecule has 0 radical (unpaired) electrons. The van der Waals surface area contributed by atoms with Gasteiger partial charge in [0.1, 0.15) is 5.75 Å². The maximum atomic E-state index is 12.1. The average Bonchev–Trinajstić information content (AvgIpc) is 2.39. The summed E-state index contributed by atoms with van der Waals surface area (Å²) in [4.78, 5) is 23.2. The first-order chi connectivity index (χ1) is 8.61. The van der Waals surface area contributed by atoms with E-state index in [4.69, 9.17) is 5.73 Å². The highest BCUT2D eigenvalue weighted by Crippen LogP contribution is 2.24. The van der Waals surface area contributed by atoms with Gasteiger partial charge < -0.3 is 10.8 Å². The first-order valence-electron chi connectivity index (χ1n) is 5.33. The van der Waals surface area contributed by atoms with Gasteiger partial charge in [0.05, 0.1) is 11.1 Å². The zero-order chi connectivity index (χ0) is 13.1. The van der Waals surface area contributed by atoms with Gasteiger partial charge >= 0.3 is 0 Å². The van der Waals surface area contributed by atoms with E-state index in [9.17, 15) is 14.7 Å². The summed E-state index contributed by atoms with van der Waals surface area (Å²) in [6.07, 6.45) is 0. The predicted octanol–water partition coefficient (Wildman–Crippen LogP) is 1.72. The van der Waals surface area contributed by atoms with Gasteiger partial charge in [-0.2, -0.15) is 0 Å². The Morgan fingerprint density at radius 1 is 0.889 bits per heavy atom. The minimum Gasteiger partial charge on any atom is -0.506 e. The summed E-state index contributed by atoms with van der Waals surface area (Å²) in [5, 5.41) is 9.87. The summed E-state index contributed by atoms with van der Waals surface area (Å²) in [6, 6.07) is 12.9. The zero-order valence-corrected chi connectivity index (χ0v) is 9.46. The molecule has 2 rings (SSSR count). The van der Waals surface area contributed by atoms with Gasteiger partial charge in [-0.3, -0.25) is 9.59 Å². The van der Waals surface area contributed by atoms with Crippen molar-refractivity contribution in [2.75, 3.05) is 0 Å². The molecule has 1 amide bonds. The molecule has 0 aromatic heterocycles. The van der Waals surface area contributed by atoms with Crippen LogP contribution < -0.4 is 5.73 Å². The Bertz CT molecular complexity index is 606. The van der Waals surface area contributed by atoms with Crippen molar-refractivity contribution in [1.82, 2.24) is 0 Å². The van der Waals surface area contributed by atoms with Crippen LogP contribution in [-0.4, -0.2) is 16.8 Å². The molecule has 4 heteroatoms. The Kier molecular flexibility index (Phi) is 3.10. The maximum Gasteiger partial charge on any atom is 0.252 e. The number of aromatic hydroxyl groups is 1. The number of amides is 1. The number of ketones is 1. The molecule has 0 aliphatic heterocycles. The molecule has 18 heavy (non-hydrogen) atoms. The third-order valence-corrected chi connectivity index (χ3v) is 2.58. The normalized spacial score (nSPS) is 10.0. The molecule has 0 heterocycles. The lowest BCUT2D eigenvalue weighted by molar-refractivity contribution is 0.0997. The third-order valence-electron chi connectivity index (χ3n) is 2.58. The van der Waals surface area contributed by atoms with Crippen molar-refractivity contribution in [2.24, 2.45) is 5.73 Å². The van der Waals surface area contributed by atoms with Gasteiger partial charge in [-0.05, 0) is 12.1 Å². The summed E-state index contributed by atoms with van der Waals surface area (Å²) in [7, 11) is 0. The Morgan fingerprint density at radius 3 is 2.11 bits per heavy atom. The Hall–Kier alpha value is -2.62. The summed E-state index contributed by atoms with van der Waals surface area (Å²) < 4.78 is 0. The molecule has 0 bridgehead atoms. The second-order valence-corrected chi connectivity index (χ2v) is 3.76. The Labute approximate surface area is 104 Å². The smallest absolute Gasteiger partial charge is 0.252 e. The molecule has 4 nitrogen and oxygen atoms in total. The number of nitrogens with two attached hydrogens (primary N) is 1. The molecule has 0 saturated carbocycles. The van der Waals surface area contributed by atoms with Crippen LogP contribution in [0.3, 0.4) is 0 Å². The number of primary amides is 1. The summed E-state index contributed by atoms with van der Waals surface area (Å²) >= 11 is 0. The monoisotopic (exact) mass is 241 g/mol. The van der Waals surface area contributed by atoms with Gasteiger partial charge in [0.2, 0.25) is 0 Å². The molecule has 0 unspecified atom stereocenters. The minimum absolute atomic E-state index is 0.0585. The molecule has 0 atom stereocenters. The number of carbonyl (C=O) groups is 2. The first kappa shape index (κ1) is 11.9. The van der Waals surface area contributed by atoms with Crippen molar-refractivity contribution >= 4 is 11.7 Å². The van der Waals surface area contributed by atoms with E-state index in [1.54, 1.807) is 30.3 Å². The zero-order valence-electron chi connectivity index (χ0n) is 9.46. The summed E-state index contributed by atoms with van der Waals surface area (Å²) in [5.74, 6) is -1.50. The van der Waals surface area contributed by atoms with Gasteiger partial charge in [-0.15, -0.1) is 0 Å². The minimum atomic E-state index is -0.768. The molecule has 0 saturated heterocycles. The lowest BCUT2D eigenvalue weighted by Gasteiger charge is -2.06. The fourth-order valence-corrected chi connectivity index (χ4v) is 1.67. The standard InChI is InChI=1S/C14H11NO3/c15-14(18)11-8-4-7-10(13(11)17)12(16)9-5-2-1-3-6-9/h1-8,17H,(H2,15,18). The third kappa shape index (κ3) is 2.08. The van der Waals surface area contributed by atoms with Crippen molar-refractivity contribution in [1.29, 1.82) is 0 Å². The molecule has 0 spiro atoms. The van der Waals surface area contributed by atoms with Crippen LogP contribution in [0.5, 0.6) is 5.75 Å². The van der Waals surface area contributed by atoms with Crippen LogP contribution in [0.25, 0.3) is 0 Å². The van der Waals surface area contributed by atoms with Gasteiger partial charge in [0.15, 0.2) is 5.78 Å². The van der Waals surface area contributed by atoms with E-state index >= 15 is 0 Å². The maximum absolute atomic E-state index is 12.1. The first-order valence-corrected chi connectivity index (χ1v) is 5.33. The lowest BCUT2D eigenvalue weighted by atomic mass is 10.00. The molecule has 0 fully saturated rings. The van der Waals surface area contributed by atoms with Crippen molar-refractivity contribution in [2.45, 2.75) is 0 Å². The van der Waals surface area contributed by atoms with Crippen LogP contribution in [-0.2, 0) is 0 Å². The number of carbonyl (C=O) groups excluding carboxylic acids is 2. The lowest BCUT2D eigenvalue weighted by Crippen LogP contribution is -2.13. The molecule has 0 aliphatic carbocycles. The molecule has 90 valence electrons.